The third-order valence-electron chi connectivity index (χ3n) is 6.68. The molecule has 1 unspecified atom stereocenters. The predicted octanol–water partition coefficient (Wildman–Crippen LogP) is 3.61. The molecule has 0 saturated carbocycles. The van der Waals surface area contributed by atoms with Crippen molar-refractivity contribution in [2.75, 3.05) is 26.0 Å². The molecule has 32 heavy (non-hydrogen) atoms. The maximum atomic E-state index is 14.0. The summed E-state index contributed by atoms with van der Waals surface area (Å²) in [7, 11) is 3.41. The number of methoxy groups -OCH3 is 1. The first kappa shape index (κ1) is 20.3. The Balaban J connectivity index is 1.74. The molecule has 3 atom stereocenters. The molecule has 0 bridgehead atoms. The van der Waals surface area contributed by atoms with Crippen LogP contribution in [-0.4, -0.2) is 42.3 Å². The number of hydrogen-bond donors (Lipinski definition) is 1. The number of Topliss-reactive ketones (excluding diaryl/α,β-unsaturated/α-hetero) is 1. The summed E-state index contributed by atoms with van der Waals surface area (Å²) >= 11 is 0. The Kier molecular flexibility index (Phi) is 4.78. The highest BCUT2D eigenvalue weighted by molar-refractivity contribution is 6.12. The molecule has 3 aromatic rings. The van der Waals surface area contributed by atoms with Gasteiger partial charge in [-0.1, -0.05) is 12.1 Å². The number of amides is 1. The maximum Gasteiger partial charge on any atom is 0.250 e. The molecule has 0 aliphatic carbocycles. The van der Waals surface area contributed by atoms with E-state index in [4.69, 9.17) is 4.74 Å². The number of anilines is 1. The first-order chi connectivity index (χ1) is 15.5. The van der Waals surface area contributed by atoms with E-state index in [0.29, 0.717) is 29.1 Å². The minimum atomic E-state index is -1.23. The molecule has 2 aromatic carbocycles. The van der Waals surface area contributed by atoms with Crippen molar-refractivity contribution in [3.63, 3.8) is 0 Å². The molecule has 7 heteroatoms. The van der Waals surface area contributed by atoms with Gasteiger partial charge in [-0.25, -0.2) is 4.39 Å². The second-order valence-corrected chi connectivity index (χ2v) is 8.25. The number of halogens is 1. The monoisotopic (exact) mass is 431 g/mol. The number of nitrogens with one attached hydrogen (secondary N) is 1. The van der Waals surface area contributed by atoms with E-state index in [9.17, 15) is 14.0 Å². The standard InChI is InChI=1S/C25H22FN3O3/c1-29-14-19(15-5-7-17(26)8-6-15)22(23(30)16-4-3-11-27-13-16)25(29)20-12-18(32-2)9-10-21(20)28-24(25)31/h3-13,19,22H,14H2,1-2H3,(H,28,31)/t19-,22?,25-/m1/s1. The third-order valence-corrected chi connectivity index (χ3v) is 6.68. The number of hydrogen-bond acceptors (Lipinski definition) is 5. The van der Waals surface area contributed by atoms with Gasteiger partial charge in [-0.3, -0.25) is 19.5 Å². The highest BCUT2D eigenvalue weighted by Crippen LogP contribution is 2.56. The normalized spacial score (nSPS) is 24.4. The van der Waals surface area contributed by atoms with Gasteiger partial charge in [0, 0.05) is 41.7 Å². The van der Waals surface area contributed by atoms with Crippen molar-refractivity contribution in [2.45, 2.75) is 11.5 Å². The van der Waals surface area contributed by atoms with Crippen molar-refractivity contribution in [3.05, 3.63) is 89.5 Å². The van der Waals surface area contributed by atoms with Crippen LogP contribution in [0.1, 0.15) is 27.4 Å². The fourth-order valence-corrected chi connectivity index (χ4v) is 5.24. The number of carbonyl (C=O) groups excluding carboxylic acids is 2. The number of fused-ring (bicyclic) bond motifs is 2. The van der Waals surface area contributed by atoms with Gasteiger partial charge in [-0.05, 0) is 55.1 Å². The van der Waals surface area contributed by atoms with E-state index in [-0.39, 0.29) is 23.4 Å². The number of benzene rings is 2. The average Bonchev–Trinajstić information content (AvgIpc) is 3.29. The number of nitrogens with zero attached hydrogens (tertiary/aromatic N) is 2. The van der Waals surface area contributed by atoms with Crippen molar-refractivity contribution in [2.24, 2.45) is 5.92 Å². The van der Waals surface area contributed by atoms with E-state index < -0.39 is 11.5 Å². The van der Waals surface area contributed by atoms with E-state index in [1.54, 1.807) is 49.7 Å². The van der Waals surface area contributed by atoms with Gasteiger partial charge < -0.3 is 10.1 Å². The predicted molar refractivity (Wildman–Crippen MR) is 117 cm³/mol. The van der Waals surface area contributed by atoms with Crippen LogP contribution in [0, 0.1) is 11.7 Å². The van der Waals surface area contributed by atoms with Gasteiger partial charge in [-0.2, -0.15) is 0 Å². The van der Waals surface area contributed by atoms with Crippen molar-refractivity contribution >= 4 is 17.4 Å². The van der Waals surface area contributed by atoms with Crippen LogP contribution in [0.4, 0.5) is 10.1 Å². The van der Waals surface area contributed by atoms with E-state index in [1.807, 2.05) is 18.0 Å². The van der Waals surface area contributed by atoms with Crippen LogP contribution in [0.25, 0.3) is 0 Å². The van der Waals surface area contributed by atoms with E-state index in [0.717, 1.165) is 5.56 Å². The largest absolute Gasteiger partial charge is 0.497 e. The zero-order chi connectivity index (χ0) is 22.5. The van der Waals surface area contributed by atoms with Gasteiger partial charge >= 0.3 is 0 Å². The summed E-state index contributed by atoms with van der Waals surface area (Å²) in [6.07, 6.45) is 3.13. The zero-order valence-corrected chi connectivity index (χ0v) is 17.7. The molecule has 2 aliphatic rings. The molecular weight excluding hydrogens is 409 g/mol. The van der Waals surface area contributed by atoms with Crippen LogP contribution in [0.3, 0.4) is 0 Å². The van der Waals surface area contributed by atoms with Crippen LogP contribution in [0.5, 0.6) is 5.75 Å². The molecule has 3 heterocycles. The summed E-state index contributed by atoms with van der Waals surface area (Å²) in [5, 5.41) is 2.97. The molecule has 1 spiro atoms. The first-order valence-corrected chi connectivity index (χ1v) is 10.4. The van der Waals surface area contributed by atoms with E-state index >= 15 is 0 Å². The Morgan fingerprint density at radius 3 is 2.69 bits per heavy atom. The lowest BCUT2D eigenvalue weighted by Gasteiger charge is -2.35. The lowest BCUT2D eigenvalue weighted by atomic mass is 9.70. The number of likely N-dealkylation sites (tertiary alicyclic amines) is 1. The van der Waals surface area contributed by atoms with Crippen LogP contribution < -0.4 is 10.1 Å². The third kappa shape index (κ3) is 2.85. The molecule has 0 radical (unpaired) electrons. The van der Waals surface area contributed by atoms with Gasteiger partial charge in [-0.15, -0.1) is 0 Å². The Bertz CT molecular complexity index is 1200. The molecule has 1 N–H and O–H groups in total. The lowest BCUT2D eigenvalue weighted by molar-refractivity contribution is -0.126. The maximum absolute atomic E-state index is 14.0. The first-order valence-electron chi connectivity index (χ1n) is 10.4. The number of likely N-dealkylation sites (N-methyl/N-ethyl adjacent to an activating group) is 1. The molecule has 6 nitrogen and oxygen atoms in total. The van der Waals surface area contributed by atoms with Gasteiger partial charge in [0.15, 0.2) is 5.78 Å². The summed E-state index contributed by atoms with van der Waals surface area (Å²) in [5.74, 6) is -1.24. The minimum absolute atomic E-state index is 0.178. The second-order valence-electron chi connectivity index (χ2n) is 8.25. The van der Waals surface area contributed by atoms with Crippen LogP contribution in [-0.2, 0) is 10.3 Å². The van der Waals surface area contributed by atoms with Gasteiger partial charge in [0.2, 0.25) is 5.91 Å². The minimum Gasteiger partial charge on any atom is -0.497 e. The molecule has 1 fully saturated rings. The van der Waals surface area contributed by atoms with Gasteiger partial charge in [0.05, 0.1) is 13.0 Å². The average molecular weight is 431 g/mol. The number of ketones is 1. The number of rotatable bonds is 4. The lowest BCUT2D eigenvalue weighted by Crippen LogP contribution is -2.51. The number of carbonyl (C=O) groups is 2. The number of aromatic nitrogens is 1. The topological polar surface area (TPSA) is 71.5 Å². The van der Waals surface area contributed by atoms with Crippen molar-refractivity contribution in [3.8, 4) is 5.75 Å². The molecule has 1 aromatic heterocycles. The Morgan fingerprint density at radius 1 is 1.22 bits per heavy atom. The highest BCUT2D eigenvalue weighted by Gasteiger charge is 2.64. The van der Waals surface area contributed by atoms with Crippen molar-refractivity contribution in [1.29, 1.82) is 0 Å². The van der Waals surface area contributed by atoms with Crippen LogP contribution in [0.15, 0.2) is 67.0 Å². The smallest absolute Gasteiger partial charge is 0.250 e. The fourth-order valence-electron chi connectivity index (χ4n) is 5.24. The van der Waals surface area contributed by atoms with Gasteiger partial charge in [0.25, 0.3) is 0 Å². The number of ether oxygens (including phenoxy) is 1. The van der Waals surface area contributed by atoms with Gasteiger partial charge in [0.1, 0.15) is 17.1 Å². The molecular formula is C25H22FN3O3. The SMILES string of the molecule is COc1ccc2c(c1)[C@]1(C(=O)N2)C(C(=O)c2cccnc2)[C@@H](c2ccc(F)cc2)CN1C. The van der Waals surface area contributed by atoms with E-state index in [2.05, 4.69) is 10.3 Å². The molecule has 1 saturated heterocycles. The Labute approximate surface area is 185 Å². The fraction of sp³-hybridized carbons (Fsp3) is 0.240. The second kappa shape index (κ2) is 7.53. The number of pyridine rings is 1. The molecule has 5 rings (SSSR count). The van der Waals surface area contributed by atoms with E-state index in [1.165, 1.54) is 18.3 Å². The Hall–Kier alpha value is -3.58. The molecule has 162 valence electrons. The van der Waals surface area contributed by atoms with Crippen LogP contribution in [0.2, 0.25) is 0 Å². The zero-order valence-electron chi connectivity index (χ0n) is 17.7. The summed E-state index contributed by atoms with van der Waals surface area (Å²) in [5.41, 5.74) is 1.38. The summed E-state index contributed by atoms with van der Waals surface area (Å²) in [6, 6.07) is 15.0. The molecule has 1 amide bonds. The molecule has 2 aliphatic heterocycles. The Morgan fingerprint density at radius 2 is 2.00 bits per heavy atom. The van der Waals surface area contributed by atoms with Crippen molar-refractivity contribution in [1.82, 2.24) is 9.88 Å². The summed E-state index contributed by atoms with van der Waals surface area (Å²) in [6.45, 7) is 0.451. The summed E-state index contributed by atoms with van der Waals surface area (Å²) in [4.78, 5) is 33.6. The van der Waals surface area contributed by atoms with Crippen LogP contribution >= 0.6 is 0 Å². The summed E-state index contributed by atoms with van der Waals surface area (Å²) < 4.78 is 19.1. The van der Waals surface area contributed by atoms with Crippen molar-refractivity contribution < 1.29 is 18.7 Å². The quantitative estimate of drug-likeness (QED) is 0.639. The highest BCUT2D eigenvalue weighted by atomic mass is 19.1.